The molecule has 0 radical (unpaired) electrons. The predicted octanol–water partition coefficient (Wildman–Crippen LogP) is 1.91. The molecule has 4 rings (SSSR count). The zero-order valence-electron chi connectivity index (χ0n) is 12.9. The first-order valence-corrected chi connectivity index (χ1v) is 8.49. The second kappa shape index (κ2) is 5.86. The van der Waals surface area contributed by atoms with Crippen LogP contribution in [0.5, 0.6) is 0 Å². The Bertz CT molecular complexity index is 885. The Labute approximate surface area is 141 Å². The molecule has 1 aromatic carbocycles. The van der Waals surface area contributed by atoms with E-state index in [2.05, 4.69) is 25.7 Å². The first-order chi connectivity index (χ1) is 11.6. The monoisotopic (exact) mass is 346 g/mol. The van der Waals surface area contributed by atoms with Gasteiger partial charge in [-0.15, -0.1) is 15.3 Å². The van der Waals surface area contributed by atoms with E-state index in [1.165, 1.54) is 22.5 Å². The van der Waals surface area contributed by atoms with Gasteiger partial charge in [0.1, 0.15) is 11.5 Å². The van der Waals surface area contributed by atoms with Gasteiger partial charge >= 0.3 is 0 Å². The Hall–Kier alpha value is -2.49. The van der Waals surface area contributed by atoms with Gasteiger partial charge in [-0.05, 0) is 47.9 Å². The van der Waals surface area contributed by atoms with Crippen LogP contribution in [0.25, 0.3) is 5.69 Å². The van der Waals surface area contributed by atoms with Crippen LogP contribution in [0.1, 0.15) is 30.3 Å². The van der Waals surface area contributed by atoms with Crippen molar-refractivity contribution in [1.82, 2.24) is 35.0 Å². The molecule has 24 heavy (non-hydrogen) atoms. The largest absolute Gasteiger partial charge is 0.368 e. The summed E-state index contributed by atoms with van der Waals surface area (Å²) >= 11 is 1.44. The Morgan fingerprint density at radius 1 is 1.29 bits per heavy atom. The fourth-order valence-corrected chi connectivity index (χ4v) is 3.38. The number of hydrogen-bond donors (Lipinski definition) is 1. The molecule has 0 aliphatic heterocycles. The number of anilines is 1. The van der Waals surface area contributed by atoms with E-state index in [1.807, 2.05) is 11.5 Å². The summed E-state index contributed by atoms with van der Waals surface area (Å²) in [6, 6.07) is 5.21. The average molecular weight is 346 g/mol. The minimum atomic E-state index is -0.371. The highest BCUT2D eigenvalue weighted by atomic mass is 32.2. The van der Waals surface area contributed by atoms with Crippen LogP contribution in [0.2, 0.25) is 0 Å². The van der Waals surface area contributed by atoms with E-state index in [0.717, 1.165) is 23.6 Å². The molecule has 1 aliphatic rings. The minimum Gasteiger partial charge on any atom is -0.368 e. The molecule has 2 N–H and O–H groups in total. The van der Waals surface area contributed by atoms with Gasteiger partial charge in [0.05, 0.1) is 5.75 Å². The van der Waals surface area contributed by atoms with Crippen molar-refractivity contribution in [3.63, 3.8) is 0 Å². The molecule has 0 unspecified atom stereocenters. The van der Waals surface area contributed by atoms with Crippen molar-refractivity contribution in [3.05, 3.63) is 35.4 Å². The lowest BCUT2D eigenvalue weighted by Crippen LogP contribution is -2.06. The van der Waals surface area contributed by atoms with Gasteiger partial charge in [0.2, 0.25) is 5.95 Å². The van der Waals surface area contributed by atoms with Crippen molar-refractivity contribution in [3.8, 4) is 5.69 Å². The van der Waals surface area contributed by atoms with Gasteiger partial charge in [0.25, 0.3) is 0 Å². The molecule has 1 aliphatic carbocycles. The van der Waals surface area contributed by atoms with Crippen LogP contribution in [-0.2, 0) is 5.75 Å². The van der Waals surface area contributed by atoms with E-state index < -0.39 is 0 Å². The van der Waals surface area contributed by atoms with Crippen LogP contribution in [0.3, 0.4) is 0 Å². The second-order valence-electron chi connectivity index (χ2n) is 5.69. The molecule has 0 atom stereocenters. The maximum absolute atomic E-state index is 14.1. The number of nitrogen functional groups attached to an aromatic ring is 1. The van der Waals surface area contributed by atoms with Crippen molar-refractivity contribution in [2.45, 2.75) is 36.7 Å². The highest BCUT2D eigenvalue weighted by Crippen LogP contribution is 2.39. The number of rotatable bonds is 5. The number of benzene rings is 1. The number of thioether (sulfide) groups is 1. The van der Waals surface area contributed by atoms with Gasteiger partial charge in [0, 0.05) is 6.04 Å². The van der Waals surface area contributed by atoms with Crippen molar-refractivity contribution < 1.29 is 4.39 Å². The molecule has 3 aromatic rings. The zero-order chi connectivity index (χ0) is 16.7. The molecule has 2 aromatic heterocycles. The summed E-state index contributed by atoms with van der Waals surface area (Å²) in [4.78, 5) is 0. The van der Waals surface area contributed by atoms with E-state index >= 15 is 0 Å². The molecule has 0 bridgehead atoms. The topological polar surface area (TPSA) is 100 Å². The van der Waals surface area contributed by atoms with Crippen LogP contribution in [0.4, 0.5) is 10.3 Å². The first kappa shape index (κ1) is 15.1. The Morgan fingerprint density at radius 3 is 2.92 bits per heavy atom. The molecule has 10 heteroatoms. The van der Waals surface area contributed by atoms with Gasteiger partial charge in [-0.1, -0.05) is 17.8 Å². The third-order valence-electron chi connectivity index (χ3n) is 3.80. The fourth-order valence-electron chi connectivity index (χ4n) is 2.46. The molecule has 0 amide bonds. The molecule has 1 fully saturated rings. The van der Waals surface area contributed by atoms with Gasteiger partial charge in [0.15, 0.2) is 11.0 Å². The molecule has 2 heterocycles. The number of aryl methyl sites for hydroxylation is 1. The number of tetrazole rings is 1. The molecular weight excluding hydrogens is 331 g/mol. The quantitative estimate of drug-likeness (QED) is 0.704. The molecule has 124 valence electrons. The highest BCUT2D eigenvalue weighted by molar-refractivity contribution is 7.98. The molecule has 1 saturated carbocycles. The highest BCUT2D eigenvalue weighted by Gasteiger charge is 2.29. The summed E-state index contributed by atoms with van der Waals surface area (Å²) in [6.45, 7) is 1.89. The number of aromatic nitrogens is 7. The summed E-state index contributed by atoms with van der Waals surface area (Å²) in [7, 11) is 0. The van der Waals surface area contributed by atoms with Crippen molar-refractivity contribution in [2.24, 2.45) is 0 Å². The van der Waals surface area contributed by atoms with Crippen LogP contribution >= 0.6 is 11.8 Å². The van der Waals surface area contributed by atoms with Crippen molar-refractivity contribution in [1.29, 1.82) is 0 Å². The van der Waals surface area contributed by atoms with Crippen molar-refractivity contribution in [2.75, 3.05) is 5.73 Å². The second-order valence-corrected chi connectivity index (χ2v) is 6.63. The van der Waals surface area contributed by atoms with Crippen LogP contribution in [0, 0.1) is 12.7 Å². The van der Waals surface area contributed by atoms with E-state index in [1.54, 1.807) is 12.1 Å². The van der Waals surface area contributed by atoms with E-state index in [4.69, 9.17) is 5.73 Å². The fraction of sp³-hybridized carbons (Fsp3) is 0.357. The van der Waals surface area contributed by atoms with Gasteiger partial charge in [-0.3, -0.25) is 4.57 Å². The smallest absolute Gasteiger partial charge is 0.222 e. The Balaban J connectivity index is 1.59. The number of hydrogen-bond acceptors (Lipinski definition) is 7. The van der Waals surface area contributed by atoms with Gasteiger partial charge < -0.3 is 5.73 Å². The number of nitrogens with zero attached hydrogens (tertiary/aromatic N) is 7. The summed E-state index contributed by atoms with van der Waals surface area (Å²) < 4.78 is 17.4. The molecule has 8 nitrogen and oxygen atoms in total. The number of halogens is 1. The minimum absolute atomic E-state index is 0.332. The lowest BCUT2D eigenvalue weighted by molar-refractivity contribution is 0.603. The van der Waals surface area contributed by atoms with E-state index in [-0.39, 0.29) is 5.82 Å². The van der Waals surface area contributed by atoms with Crippen LogP contribution in [-0.4, -0.2) is 35.0 Å². The average Bonchev–Trinajstić information content (AvgIpc) is 3.17. The van der Waals surface area contributed by atoms with E-state index in [0.29, 0.717) is 29.3 Å². The summed E-state index contributed by atoms with van der Waals surface area (Å²) in [6.07, 6.45) is 2.17. The summed E-state index contributed by atoms with van der Waals surface area (Å²) in [5, 5.41) is 20.4. The van der Waals surface area contributed by atoms with Crippen LogP contribution in [0.15, 0.2) is 23.4 Å². The normalized spacial score (nSPS) is 14.2. The Morgan fingerprint density at radius 2 is 2.12 bits per heavy atom. The lowest BCUT2D eigenvalue weighted by atomic mass is 10.2. The third-order valence-corrected chi connectivity index (χ3v) is 4.74. The lowest BCUT2D eigenvalue weighted by Gasteiger charge is -2.07. The molecule has 0 saturated heterocycles. The van der Waals surface area contributed by atoms with Crippen LogP contribution < -0.4 is 5.73 Å². The van der Waals surface area contributed by atoms with E-state index in [9.17, 15) is 4.39 Å². The summed E-state index contributed by atoms with van der Waals surface area (Å²) in [5.74, 6) is 1.02. The van der Waals surface area contributed by atoms with Crippen molar-refractivity contribution >= 4 is 17.7 Å². The maximum Gasteiger partial charge on any atom is 0.222 e. The SMILES string of the molecule is Cc1ccc(F)c(-n2nnnc2CSc2nnc(N)n2C2CC2)c1. The Kier molecular flexibility index (Phi) is 3.68. The van der Waals surface area contributed by atoms with Gasteiger partial charge in [-0.2, -0.15) is 4.68 Å². The molecule has 0 spiro atoms. The number of nitrogens with two attached hydrogens (primary N) is 1. The zero-order valence-corrected chi connectivity index (χ0v) is 13.7. The standard InChI is InChI=1S/C14H15FN8S/c1-8-2-5-10(15)11(6-8)23-12(17-20-21-23)7-24-14-19-18-13(16)22(14)9-3-4-9/h2,5-6,9H,3-4,7H2,1H3,(H2,16,18). The first-order valence-electron chi connectivity index (χ1n) is 7.50. The predicted molar refractivity (Wildman–Crippen MR) is 86.1 cm³/mol. The summed E-state index contributed by atoms with van der Waals surface area (Å²) in [5.41, 5.74) is 7.13. The maximum atomic E-state index is 14.1. The van der Waals surface area contributed by atoms with Gasteiger partial charge in [-0.25, -0.2) is 4.39 Å². The third kappa shape index (κ3) is 2.73. The molecular formula is C14H15FN8S.